The Morgan fingerprint density at radius 2 is 1.63 bits per heavy atom. The third-order valence-corrected chi connectivity index (χ3v) is 6.80. The summed E-state index contributed by atoms with van der Waals surface area (Å²) in [4.78, 5) is 44.9. The SMILES string of the molecule is CN(C)c1ccc(C(=O)N2CCN3C(=O)c4cc(-c5ccc(Cl)cc5)ccc4NC(=O)C3C2)cc1. The lowest BCUT2D eigenvalue weighted by Crippen LogP contribution is -2.59. The van der Waals surface area contributed by atoms with Crippen LogP contribution in [-0.2, 0) is 4.79 Å². The van der Waals surface area contributed by atoms with Crippen molar-refractivity contribution in [3.05, 3.63) is 82.9 Å². The standard InChI is InChI=1S/C27H25ClN4O3/c1-30(2)21-10-5-18(6-11-21)26(34)31-13-14-32-24(16-31)25(33)29-23-12-7-19(15-22(23)27(32)35)17-3-8-20(28)9-4-17/h3-12,15,24H,13-14,16H2,1-2H3,(H,29,33). The van der Waals surface area contributed by atoms with Crippen LogP contribution in [0.2, 0.25) is 5.02 Å². The number of anilines is 2. The predicted molar refractivity (Wildman–Crippen MR) is 137 cm³/mol. The Balaban J connectivity index is 1.38. The van der Waals surface area contributed by atoms with Crippen LogP contribution in [0.3, 0.4) is 0 Å². The fourth-order valence-electron chi connectivity index (χ4n) is 4.54. The van der Waals surface area contributed by atoms with E-state index in [-0.39, 0.29) is 30.8 Å². The largest absolute Gasteiger partial charge is 0.378 e. The number of hydrogen-bond donors (Lipinski definition) is 1. The van der Waals surface area contributed by atoms with Crippen molar-refractivity contribution in [1.29, 1.82) is 0 Å². The van der Waals surface area contributed by atoms with E-state index >= 15 is 0 Å². The molecule has 3 aromatic rings. The molecule has 178 valence electrons. The van der Waals surface area contributed by atoms with Crippen molar-refractivity contribution in [2.75, 3.05) is 43.9 Å². The quantitative estimate of drug-likeness (QED) is 0.605. The summed E-state index contributed by atoms with van der Waals surface area (Å²) < 4.78 is 0. The predicted octanol–water partition coefficient (Wildman–Crippen LogP) is 3.99. The molecule has 0 aliphatic carbocycles. The lowest BCUT2D eigenvalue weighted by molar-refractivity contribution is -0.121. The molecule has 0 spiro atoms. The van der Waals surface area contributed by atoms with Gasteiger partial charge in [-0.2, -0.15) is 0 Å². The normalized spacial score (nSPS) is 17.3. The first kappa shape index (κ1) is 22.9. The molecular formula is C27H25ClN4O3. The molecular weight excluding hydrogens is 464 g/mol. The Morgan fingerprint density at radius 1 is 0.943 bits per heavy atom. The molecule has 1 unspecified atom stereocenters. The Hall–Kier alpha value is -3.84. The first-order chi connectivity index (χ1) is 16.8. The van der Waals surface area contributed by atoms with E-state index in [0.717, 1.165) is 16.8 Å². The van der Waals surface area contributed by atoms with E-state index in [9.17, 15) is 14.4 Å². The Kier molecular flexibility index (Phi) is 5.94. The van der Waals surface area contributed by atoms with Gasteiger partial charge in [0.05, 0.1) is 17.8 Å². The van der Waals surface area contributed by atoms with Gasteiger partial charge in [0.2, 0.25) is 5.91 Å². The molecule has 1 N–H and O–H groups in total. The number of fused-ring (bicyclic) bond motifs is 2. The Labute approximate surface area is 208 Å². The number of rotatable bonds is 3. The molecule has 5 rings (SSSR count). The third-order valence-electron chi connectivity index (χ3n) is 6.55. The monoisotopic (exact) mass is 488 g/mol. The third kappa shape index (κ3) is 4.35. The van der Waals surface area contributed by atoms with Gasteiger partial charge in [-0.1, -0.05) is 29.8 Å². The number of amides is 3. The minimum Gasteiger partial charge on any atom is -0.378 e. The van der Waals surface area contributed by atoms with Gasteiger partial charge < -0.3 is 20.0 Å². The van der Waals surface area contributed by atoms with E-state index in [1.807, 2.05) is 49.3 Å². The Bertz CT molecular complexity index is 1310. The number of nitrogens with zero attached hydrogens (tertiary/aromatic N) is 3. The fourth-order valence-corrected chi connectivity index (χ4v) is 4.67. The van der Waals surface area contributed by atoms with Crippen LogP contribution >= 0.6 is 11.6 Å². The molecule has 0 aromatic heterocycles. The van der Waals surface area contributed by atoms with Crippen molar-refractivity contribution < 1.29 is 14.4 Å². The van der Waals surface area contributed by atoms with Gasteiger partial charge in [0.25, 0.3) is 11.8 Å². The van der Waals surface area contributed by atoms with Crippen LogP contribution in [0.1, 0.15) is 20.7 Å². The lowest BCUT2D eigenvalue weighted by atomic mass is 10.0. The molecule has 2 heterocycles. The number of carbonyl (C=O) groups excluding carboxylic acids is 3. The average Bonchev–Trinajstić information content (AvgIpc) is 2.97. The molecule has 0 saturated carbocycles. The first-order valence-electron chi connectivity index (χ1n) is 11.4. The zero-order chi connectivity index (χ0) is 24.7. The molecule has 1 fully saturated rings. The summed E-state index contributed by atoms with van der Waals surface area (Å²) in [5, 5.41) is 3.53. The zero-order valence-corrected chi connectivity index (χ0v) is 20.2. The first-order valence-corrected chi connectivity index (χ1v) is 11.8. The number of carbonyl (C=O) groups is 3. The maximum Gasteiger partial charge on any atom is 0.256 e. The topological polar surface area (TPSA) is 73.0 Å². The molecule has 2 aliphatic rings. The van der Waals surface area contributed by atoms with Crippen molar-refractivity contribution in [1.82, 2.24) is 9.80 Å². The van der Waals surface area contributed by atoms with E-state index in [0.29, 0.717) is 28.4 Å². The van der Waals surface area contributed by atoms with Crippen LogP contribution in [0.5, 0.6) is 0 Å². The molecule has 0 bridgehead atoms. The zero-order valence-electron chi connectivity index (χ0n) is 19.5. The fraction of sp³-hybridized carbons (Fsp3) is 0.222. The number of nitrogens with one attached hydrogen (secondary N) is 1. The summed E-state index contributed by atoms with van der Waals surface area (Å²) in [6, 6.07) is 19.4. The average molecular weight is 489 g/mol. The highest BCUT2D eigenvalue weighted by atomic mass is 35.5. The summed E-state index contributed by atoms with van der Waals surface area (Å²) in [6.45, 7) is 0.781. The van der Waals surface area contributed by atoms with E-state index < -0.39 is 6.04 Å². The molecule has 1 saturated heterocycles. The minimum absolute atomic E-state index is 0.143. The molecule has 8 heteroatoms. The molecule has 2 aliphatic heterocycles. The van der Waals surface area contributed by atoms with Gasteiger partial charge in [-0.3, -0.25) is 14.4 Å². The van der Waals surface area contributed by atoms with E-state index in [4.69, 9.17) is 11.6 Å². The van der Waals surface area contributed by atoms with Gasteiger partial charge in [-0.25, -0.2) is 0 Å². The number of halogens is 1. The highest BCUT2D eigenvalue weighted by Crippen LogP contribution is 2.31. The Morgan fingerprint density at radius 3 is 2.31 bits per heavy atom. The molecule has 1 atom stereocenters. The second-order valence-electron chi connectivity index (χ2n) is 8.96. The van der Waals surface area contributed by atoms with E-state index in [1.165, 1.54) is 0 Å². The van der Waals surface area contributed by atoms with Crippen LogP contribution in [0.25, 0.3) is 11.1 Å². The summed E-state index contributed by atoms with van der Waals surface area (Å²) in [5.41, 5.74) is 4.25. The van der Waals surface area contributed by atoms with Gasteiger partial charge in [0, 0.05) is 43.5 Å². The smallest absolute Gasteiger partial charge is 0.256 e. The van der Waals surface area contributed by atoms with Crippen molar-refractivity contribution in [2.45, 2.75) is 6.04 Å². The summed E-state index contributed by atoms with van der Waals surface area (Å²) in [6.07, 6.45) is 0. The number of piperazine rings is 1. The van der Waals surface area contributed by atoms with Crippen LogP contribution in [0.15, 0.2) is 66.7 Å². The van der Waals surface area contributed by atoms with Crippen LogP contribution < -0.4 is 10.2 Å². The van der Waals surface area contributed by atoms with Gasteiger partial charge in [-0.05, 0) is 59.7 Å². The molecule has 3 aromatic carbocycles. The maximum absolute atomic E-state index is 13.5. The summed E-state index contributed by atoms with van der Waals surface area (Å²) in [5.74, 6) is -0.666. The van der Waals surface area contributed by atoms with Gasteiger partial charge in [0.1, 0.15) is 6.04 Å². The molecule has 3 amide bonds. The van der Waals surface area contributed by atoms with Crippen molar-refractivity contribution in [2.24, 2.45) is 0 Å². The maximum atomic E-state index is 13.5. The highest BCUT2D eigenvalue weighted by Gasteiger charge is 2.40. The number of benzene rings is 3. The van der Waals surface area contributed by atoms with Gasteiger partial charge in [-0.15, -0.1) is 0 Å². The van der Waals surface area contributed by atoms with Gasteiger partial charge in [0.15, 0.2) is 0 Å². The van der Waals surface area contributed by atoms with Crippen LogP contribution in [0.4, 0.5) is 11.4 Å². The summed E-state index contributed by atoms with van der Waals surface area (Å²) in [7, 11) is 3.88. The molecule has 7 nitrogen and oxygen atoms in total. The van der Waals surface area contributed by atoms with Crippen molar-refractivity contribution >= 4 is 40.7 Å². The van der Waals surface area contributed by atoms with Crippen molar-refractivity contribution in [3.63, 3.8) is 0 Å². The number of hydrogen-bond acceptors (Lipinski definition) is 4. The van der Waals surface area contributed by atoms with Crippen LogP contribution in [0, 0.1) is 0 Å². The highest BCUT2D eigenvalue weighted by molar-refractivity contribution is 6.30. The second-order valence-corrected chi connectivity index (χ2v) is 9.40. The minimum atomic E-state index is -0.757. The lowest BCUT2D eigenvalue weighted by Gasteiger charge is -2.39. The van der Waals surface area contributed by atoms with E-state index in [2.05, 4.69) is 5.32 Å². The summed E-state index contributed by atoms with van der Waals surface area (Å²) >= 11 is 6.01. The molecule has 35 heavy (non-hydrogen) atoms. The van der Waals surface area contributed by atoms with E-state index in [1.54, 1.807) is 46.2 Å². The van der Waals surface area contributed by atoms with Crippen LogP contribution in [-0.4, -0.2) is 67.3 Å². The molecule has 0 radical (unpaired) electrons. The second kappa shape index (κ2) is 9.07. The van der Waals surface area contributed by atoms with Gasteiger partial charge >= 0.3 is 0 Å². The van der Waals surface area contributed by atoms with Crippen molar-refractivity contribution in [3.8, 4) is 11.1 Å².